The van der Waals surface area contributed by atoms with Gasteiger partial charge in [-0.1, -0.05) is 24.6 Å². The van der Waals surface area contributed by atoms with Gasteiger partial charge in [-0.3, -0.25) is 0 Å². The lowest BCUT2D eigenvalue weighted by Gasteiger charge is -2.01. The van der Waals surface area contributed by atoms with Crippen LogP contribution in [0.4, 0.5) is 0 Å². The van der Waals surface area contributed by atoms with E-state index >= 15 is 0 Å². The lowest BCUT2D eigenvalue weighted by molar-refractivity contribution is 0.752. The molecule has 66 valence electrons. The predicted octanol–water partition coefficient (Wildman–Crippen LogP) is 2.87. The van der Waals surface area contributed by atoms with Crippen LogP contribution in [-0.4, -0.2) is 15.7 Å². The Bertz CT molecular complexity index is 214. The smallest absolute Gasteiger partial charge is 0.198 e. The summed E-state index contributed by atoms with van der Waals surface area (Å²) in [7, 11) is 3.45. The van der Waals surface area contributed by atoms with Crippen LogP contribution in [-0.2, 0) is 0 Å². The van der Waals surface area contributed by atoms with Crippen molar-refractivity contribution >= 4 is 21.6 Å². The second-order valence-corrected chi connectivity index (χ2v) is 5.10. The zero-order valence-electron chi connectivity index (χ0n) is 7.23. The number of hydrogen-bond acceptors (Lipinski definition) is 4. The number of rotatable bonds is 4. The molecule has 12 heavy (non-hydrogen) atoms. The number of nitrogens with zero attached hydrogens (tertiary/aromatic N) is 2. The van der Waals surface area contributed by atoms with Crippen LogP contribution in [0.3, 0.4) is 0 Å². The molecule has 0 aliphatic carbocycles. The van der Waals surface area contributed by atoms with E-state index in [4.69, 9.17) is 0 Å². The fraction of sp³-hybridized carbons (Fsp3) is 0.500. The highest BCUT2D eigenvalue weighted by Crippen LogP contribution is 2.28. The highest BCUT2D eigenvalue weighted by Gasteiger charge is 1.98. The van der Waals surface area contributed by atoms with Gasteiger partial charge in [-0.15, -0.1) is 0 Å². The van der Waals surface area contributed by atoms with Crippen molar-refractivity contribution in [3.05, 3.63) is 18.5 Å². The largest absolute Gasteiger partial charge is 0.230 e. The Morgan fingerprint density at radius 1 is 1.33 bits per heavy atom. The molecule has 1 heterocycles. The Hall–Kier alpha value is -0.220. The van der Waals surface area contributed by atoms with E-state index in [1.54, 1.807) is 34.0 Å². The quantitative estimate of drug-likeness (QED) is 0.551. The van der Waals surface area contributed by atoms with Crippen LogP contribution >= 0.6 is 21.6 Å². The monoisotopic (exact) mass is 200 g/mol. The molecule has 4 heteroatoms. The average molecular weight is 200 g/mol. The summed E-state index contributed by atoms with van der Waals surface area (Å²) in [6.45, 7) is 4.42. The summed E-state index contributed by atoms with van der Waals surface area (Å²) in [5.41, 5.74) is 0. The molecule has 0 bridgehead atoms. The van der Waals surface area contributed by atoms with Crippen LogP contribution in [0.15, 0.2) is 23.6 Å². The first-order chi connectivity index (χ1) is 5.79. The van der Waals surface area contributed by atoms with E-state index in [0.717, 1.165) is 16.8 Å². The number of aromatic nitrogens is 2. The van der Waals surface area contributed by atoms with Gasteiger partial charge < -0.3 is 0 Å². The van der Waals surface area contributed by atoms with E-state index in [0.29, 0.717) is 0 Å². The molecule has 0 unspecified atom stereocenters. The van der Waals surface area contributed by atoms with Crippen molar-refractivity contribution in [2.75, 3.05) is 5.75 Å². The summed E-state index contributed by atoms with van der Waals surface area (Å²) >= 11 is 0. The molecule has 0 N–H and O–H groups in total. The van der Waals surface area contributed by atoms with Gasteiger partial charge in [0.25, 0.3) is 0 Å². The van der Waals surface area contributed by atoms with Gasteiger partial charge in [-0.25, -0.2) is 9.97 Å². The summed E-state index contributed by atoms with van der Waals surface area (Å²) in [5.74, 6) is 1.87. The van der Waals surface area contributed by atoms with Gasteiger partial charge in [0.1, 0.15) is 0 Å². The molecule has 0 saturated heterocycles. The molecule has 0 aliphatic heterocycles. The first-order valence-corrected chi connectivity index (χ1v) is 6.17. The first-order valence-electron chi connectivity index (χ1n) is 3.85. The molecule has 0 atom stereocenters. The maximum absolute atomic E-state index is 4.11. The number of hydrogen-bond donors (Lipinski definition) is 0. The SMILES string of the molecule is CC(C)CSSc1ncccn1. The molecule has 0 fully saturated rings. The molecule has 1 aromatic rings. The van der Waals surface area contributed by atoms with E-state index in [9.17, 15) is 0 Å². The molecule has 0 amide bonds. The topological polar surface area (TPSA) is 25.8 Å². The van der Waals surface area contributed by atoms with Crippen LogP contribution in [0.2, 0.25) is 0 Å². The summed E-state index contributed by atoms with van der Waals surface area (Å²) < 4.78 is 0. The summed E-state index contributed by atoms with van der Waals surface area (Å²) in [4.78, 5) is 8.21. The third-order valence-electron chi connectivity index (χ3n) is 1.08. The summed E-state index contributed by atoms with van der Waals surface area (Å²) in [6.07, 6.45) is 3.54. The molecular formula is C8H12N2S2. The minimum atomic E-state index is 0.728. The third kappa shape index (κ3) is 3.97. The summed E-state index contributed by atoms with van der Waals surface area (Å²) in [6, 6.07) is 1.83. The second-order valence-electron chi connectivity index (χ2n) is 2.79. The van der Waals surface area contributed by atoms with Crippen molar-refractivity contribution in [1.82, 2.24) is 9.97 Å². The Kier molecular flexibility index (Phi) is 4.46. The van der Waals surface area contributed by atoms with Crippen LogP contribution in [0.25, 0.3) is 0 Å². The van der Waals surface area contributed by atoms with Crippen LogP contribution in [0.1, 0.15) is 13.8 Å². The fourth-order valence-electron chi connectivity index (χ4n) is 0.551. The molecule has 0 aromatic carbocycles. The molecule has 2 nitrogen and oxygen atoms in total. The molecule has 0 radical (unpaired) electrons. The Labute approximate surface area is 81.0 Å². The minimum absolute atomic E-state index is 0.728. The molecule has 0 aliphatic rings. The molecular weight excluding hydrogens is 188 g/mol. The highest BCUT2D eigenvalue weighted by molar-refractivity contribution is 8.76. The standard InChI is InChI=1S/C8H12N2S2/c1-7(2)6-11-12-8-9-4-3-5-10-8/h3-5,7H,6H2,1-2H3. The van der Waals surface area contributed by atoms with Crippen molar-refractivity contribution in [3.63, 3.8) is 0 Å². The van der Waals surface area contributed by atoms with Gasteiger partial charge in [-0.2, -0.15) is 0 Å². The van der Waals surface area contributed by atoms with Crippen molar-refractivity contribution in [3.8, 4) is 0 Å². The molecule has 1 rings (SSSR count). The minimum Gasteiger partial charge on any atom is -0.230 e. The molecule has 0 spiro atoms. The van der Waals surface area contributed by atoms with Crippen LogP contribution < -0.4 is 0 Å². The van der Waals surface area contributed by atoms with Crippen LogP contribution in [0.5, 0.6) is 0 Å². The van der Waals surface area contributed by atoms with Crippen molar-refractivity contribution < 1.29 is 0 Å². The maximum atomic E-state index is 4.11. The fourth-order valence-corrected chi connectivity index (χ4v) is 2.80. The average Bonchev–Trinajstić information content (AvgIpc) is 2.05. The van der Waals surface area contributed by atoms with Gasteiger partial charge in [0.15, 0.2) is 5.16 Å². The van der Waals surface area contributed by atoms with Gasteiger partial charge in [0, 0.05) is 18.1 Å². The van der Waals surface area contributed by atoms with E-state index in [1.165, 1.54) is 0 Å². The zero-order valence-corrected chi connectivity index (χ0v) is 8.86. The van der Waals surface area contributed by atoms with E-state index < -0.39 is 0 Å². The third-order valence-corrected chi connectivity index (χ3v) is 3.57. The van der Waals surface area contributed by atoms with Gasteiger partial charge in [-0.05, 0) is 22.8 Å². The van der Waals surface area contributed by atoms with Crippen molar-refractivity contribution in [1.29, 1.82) is 0 Å². The van der Waals surface area contributed by atoms with Gasteiger partial charge in [0.05, 0.1) is 0 Å². The lowest BCUT2D eigenvalue weighted by Crippen LogP contribution is -1.88. The van der Waals surface area contributed by atoms with Crippen molar-refractivity contribution in [2.24, 2.45) is 5.92 Å². The van der Waals surface area contributed by atoms with Crippen molar-refractivity contribution in [2.45, 2.75) is 19.0 Å². The van der Waals surface area contributed by atoms with Gasteiger partial charge in [0.2, 0.25) is 0 Å². The highest BCUT2D eigenvalue weighted by atomic mass is 33.1. The Morgan fingerprint density at radius 3 is 2.58 bits per heavy atom. The zero-order chi connectivity index (χ0) is 8.81. The lowest BCUT2D eigenvalue weighted by atomic mass is 10.3. The van der Waals surface area contributed by atoms with E-state index in [-0.39, 0.29) is 0 Å². The first kappa shape index (κ1) is 9.86. The Balaban J connectivity index is 2.25. The van der Waals surface area contributed by atoms with Crippen LogP contribution in [0, 0.1) is 5.92 Å². The Morgan fingerprint density at radius 2 is 2.00 bits per heavy atom. The maximum Gasteiger partial charge on any atom is 0.198 e. The van der Waals surface area contributed by atoms with E-state index in [2.05, 4.69) is 23.8 Å². The molecule has 1 aromatic heterocycles. The normalized spacial score (nSPS) is 10.6. The molecule has 0 saturated carbocycles. The summed E-state index contributed by atoms with van der Waals surface area (Å²) in [5, 5.41) is 0.850. The second kappa shape index (κ2) is 5.43. The predicted molar refractivity (Wildman–Crippen MR) is 55.2 cm³/mol. The van der Waals surface area contributed by atoms with E-state index in [1.807, 2.05) is 6.07 Å². The van der Waals surface area contributed by atoms with Gasteiger partial charge >= 0.3 is 0 Å².